The maximum absolute atomic E-state index is 14.2. The molecule has 0 saturated carbocycles. The minimum Gasteiger partial charge on any atom is -0.322 e. The lowest BCUT2D eigenvalue weighted by Gasteiger charge is -2.24. The van der Waals surface area contributed by atoms with Gasteiger partial charge in [-0.2, -0.15) is 4.31 Å². The Kier molecular flexibility index (Phi) is 8.05. The Morgan fingerprint density at radius 1 is 1.00 bits per heavy atom. The smallest absolute Gasteiger partial charge is 0.244 e. The van der Waals surface area contributed by atoms with Crippen molar-refractivity contribution in [1.82, 2.24) is 4.31 Å². The van der Waals surface area contributed by atoms with Gasteiger partial charge in [0.15, 0.2) is 0 Å². The standard InChI is InChI=1S/C25H26BrFN2O3S/c1-17-13-18(2)25(19(3)14-17)33(31,32)29(12-11-20-7-5-4-6-8-20)16-24(30)28-23-10-9-21(26)15-22(23)27/h4-10,13-15H,11-12,16H2,1-3H3,(H,28,30). The van der Waals surface area contributed by atoms with Gasteiger partial charge in [-0.1, -0.05) is 64.0 Å². The van der Waals surface area contributed by atoms with Crippen LogP contribution in [-0.4, -0.2) is 31.7 Å². The van der Waals surface area contributed by atoms with Crippen LogP contribution in [0.4, 0.5) is 10.1 Å². The summed E-state index contributed by atoms with van der Waals surface area (Å²) in [4.78, 5) is 13.0. The van der Waals surface area contributed by atoms with Crippen LogP contribution >= 0.6 is 15.9 Å². The lowest BCUT2D eigenvalue weighted by atomic mass is 10.1. The number of anilines is 1. The zero-order chi connectivity index (χ0) is 24.2. The molecular weight excluding hydrogens is 507 g/mol. The number of halogens is 2. The van der Waals surface area contributed by atoms with Crippen LogP contribution in [0.5, 0.6) is 0 Å². The van der Waals surface area contributed by atoms with E-state index in [1.807, 2.05) is 49.4 Å². The molecule has 3 aromatic rings. The number of sulfonamides is 1. The Morgan fingerprint density at radius 2 is 1.64 bits per heavy atom. The van der Waals surface area contributed by atoms with Crippen LogP contribution in [0.2, 0.25) is 0 Å². The molecule has 0 spiro atoms. The zero-order valence-electron chi connectivity index (χ0n) is 18.7. The molecule has 0 saturated heterocycles. The van der Waals surface area contributed by atoms with Crippen molar-refractivity contribution in [3.05, 3.63) is 93.2 Å². The van der Waals surface area contributed by atoms with E-state index in [4.69, 9.17) is 0 Å². The maximum atomic E-state index is 14.2. The van der Waals surface area contributed by atoms with E-state index >= 15 is 0 Å². The van der Waals surface area contributed by atoms with Crippen molar-refractivity contribution in [2.24, 2.45) is 0 Å². The van der Waals surface area contributed by atoms with Gasteiger partial charge in [0, 0.05) is 11.0 Å². The molecule has 8 heteroatoms. The summed E-state index contributed by atoms with van der Waals surface area (Å²) in [5, 5.41) is 2.49. The molecule has 0 aliphatic rings. The SMILES string of the molecule is Cc1cc(C)c(S(=O)(=O)N(CCc2ccccc2)CC(=O)Nc2ccc(Br)cc2F)c(C)c1. The summed E-state index contributed by atoms with van der Waals surface area (Å²) in [6, 6.07) is 17.3. The van der Waals surface area contributed by atoms with Crippen molar-refractivity contribution in [2.45, 2.75) is 32.1 Å². The molecule has 0 unspecified atom stereocenters. The maximum Gasteiger partial charge on any atom is 0.244 e. The molecule has 1 amide bonds. The van der Waals surface area contributed by atoms with Gasteiger partial charge < -0.3 is 5.32 Å². The molecule has 0 aliphatic heterocycles. The second kappa shape index (κ2) is 10.6. The van der Waals surface area contributed by atoms with Crippen LogP contribution in [0, 0.1) is 26.6 Å². The quantitative estimate of drug-likeness (QED) is 0.423. The van der Waals surface area contributed by atoms with Crippen molar-refractivity contribution in [3.8, 4) is 0 Å². The van der Waals surface area contributed by atoms with Crippen LogP contribution in [-0.2, 0) is 21.2 Å². The highest BCUT2D eigenvalue weighted by molar-refractivity contribution is 9.10. The molecule has 33 heavy (non-hydrogen) atoms. The second-order valence-electron chi connectivity index (χ2n) is 7.97. The summed E-state index contributed by atoms with van der Waals surface area (Å²) < 4.78 is 43.2. The van der Waals surface area contributed by atoms with Crippen molar-refractivity contribution in [3.63, 3.8) is 0 Å². The second-order valence-corrected chi connectivity index (χ2v) is 10.8. The molecule has 1 N–H and O–H groups in total. The van der Waals surface area contributed by atoms with Crippen molar-refractivity contribution in [1.29, 1.82) is 0 Å². The highest BCUT2D eigenvalue weighted by atomic mass is 79.9. The Morgan fingerprint density at radius 3 is 2.24 bits per heavy atom. The summed E-state index contributed by atoms with van der Waals surface area (Å²) in [5.41, 5.74) is 3.15. The average Bonchev–Trinajstić information content (AvgIpc) is 2.72. The number of aryl methyl sites for hydroxylation is 3. The molecule has 174 valence electrons. The predicted molar refractivity (Wildman–Crippen MR) is 132 cm³/mol. The molecule has 0 fully saturated rings. The fourth-order valence-corrected chi connectivity index (χ4v) is 5.97. The molecule has 0 bridgehead atoms. The molecular formula is C25H26BrFN2O3S. The van der Waals surface area contributed by atoms with Crippen LogP contribution in [0.25, 0.3) is 0 Å². The summed E-state index contributed by atoms with van der Waals surface area (Å²) in [6.07, 6.45) is 0.434. The van der Waals surface area contributed by atoms with E-state index in [-0.39, 0.29) is 17.1 Å². The number of nitrogens with one attached hydrogen (secondary N) is 1. The number of hydrogen-bond acceptors (Lipinski definition) is 3. The third kappa shape index (κ3) is 6.28. The molecule has 0 aliphatic carbocycles. The fraction of sp³-hybridized carbons (Fsp3) is 0.240. The van der Waals surface area contributed by atoms with Crippen LogP contribution in [0.3, 0.4) is 0 Å². The number of hydrogen-bond donors (Lipinski definition) is 1. The van der Waals surface area contributed by atoms with Crippen LogP contribution in [0.15, 0.2) is 70.0 Å². The minimum absolute atomic E-state index is 0.00805. The molecule has 3 aromatic carbocycles. The molecule has 3 rings (SSSR count). The van der Waals surface area contributed by atoms with E-state index in [1.165, 1.54) is 12.1 Å². The topological polar surface area (TPSA) is 66.5 Å². The highest BCUT2D eigenvalue weighted by Gasteiger charge is 2.29. The fourth-order valence-electron chi connectivity index (χ4n) is 3.83. The van der Waals surface area contributed by atoms with Gasteiger partial charge in [0.2, 0.25) is 15.9 Å². The van der Waals surface area contributed by atoms with Gasteiger partial charge in [0.25, 0.3) is 0 Å². The van der Waals surface area contributed by atoms with E-state index in [0.29, 0.717) is 22.0 Å². The third-order valence-corrected chi connectivity index (χ3v) is 7.87. The average molecular weight is 533 g/mol. The lowest BCUT2D eigenvalue weighted by Crippen LogP contribution is -2.40. The lowest BCUT2D eigenvalue weighted by molar-refractivity contribution is -0.116. The number of carbonyl (C=O) groups excluding carboxylic acids is 1. The van der Waals surface area contributed by atoms with Crippen molar-refractivity contribution in [2.75, 3.05) is 18.4 Å². The van der Waals surface area contributed by atoms with E-state index in [0.717, 1.165) is 15.4 Å². The van der Waals surface area contributed by atoms with Gasteiger partial charge in [-0.25, -0.2) is 12.8 Å². The zero-order valence-corrected chi connectivity index (χ0v) is 21.1. The van der Waals surface area contributed by atoms with Gasteiger partial charge in [-0.15, -0.1) is 0 Å². The number of rotatable bonds is 8. The van der Waals surface area contributed by atoms with E-state index in [1.54, 1.807) is 19.9 Å². The Labute approximate surface area is 202 Å². The highest BCUT2D eigenvalue weighted by Crippen LogP contribution is 2.26. The number of benzene rings is 3. The number of amides is 1. The first-order valence-corrected chi connectivity index (χ1v) is 12.7. The van der Waals surface area contributed by atoms with Crippen LogP contribution in [0.1, 0.15) is 22.3 Å². The molecule has 0 aromatic heterocycles. The summed E-state index contributed by atoms with van der Waals surface area (Å²) in [7, 11) is -3.98. The van der Waals surface area contributed by atoms with E-state index in [9.17, 15) is 17.6 Å². The van der Waals surface area contributed by atoms with Gasteiger partial charge in [-0.3, -0.25) is 4.79 Å². The Hall–Kier alpha value is -2.55. The van der Waals surface area contributed by atoms with Crippen molar-refractivity contribution >= 4 is 37.5 Å². The van der Waals surface area contributed by atoms with Crippen molar-refractivity contribution < 1.29 is 17.6 Å². The minimum atomic E-state index is -3.98. The summed E-state index contributed by atoms with van der Waals surface area (Å²) in [5.74, 6) is -1.23. The monoisotopic (exact) mass is 532 g/mol. The first-order valence-electron chi connectivity index (χ1n) is 10.4. The molecule has 0 atom stereocenters. The molecule has 5 nitrogen and oxygen atoms in total. The van der Waals surface area contributed by atoms with E-state index < -0.39 is 28.3 Å². The molecule has 0 radical (unpaired) electrons. The van der Waals surface area contributed by atoms with Gasteiger partial charge in [-0.05, 0) is 62.1 Å². The Balaban J connectivity index is 1.91. The van der Waals surface area contributed by atoms with Gasteiger partial charge >= 0.3 is 0 Å². The van der Waals surface area contributed by atoms with E-state index in [2.05, 4.69) is 21.2 Å². The number of carbonyl (C=O) groups is 1. The molecule has 0 heterocycles. The Bertz CT molecular complexity index is 1240. The normalized spacial score (nSPS) is 11.6. The summed E-state index contributed by atoms with van der Waals surface area (Å²) in [6.45, 7) is 5.08. The first kappa shape index (κ1) is 25.1. The number of nitrogens with zero attached hydrogens (tertiary/aromatic N) is 1. The summed E-state index contributed by atoms with van der Waals surface area (Å²) >= 11 is 3.18. The third-order valence-electron chi connectivity index (χ3n) is 5.22. The van der Waals surface area contributed by atoms with Gasteiger partial charge in [0.05, 0.1) is 17.1 Å². The first-order chi connectivity index (χ1) is 15.6. The van der Waals surface area contributed by atoms with Crippen LogP contribution < -0.4 is 5.32 Å². The predicted octanol–water partition coefficient (Wildman–Crippen LogP) is 5.39. The van der Waals surface area contributed by atoms with Gasteiger partial charge in [0.1, 0.15) is 5.82 Å². The largest absolute Gasteiger partial charge is 0.322 e.